The molecule has 0 amide bonds. The Morgan fingerprint density at radius 1 is 0.769 bits per heavy atom. The van der Waals surface area contributed by atoms with Crippen molar-refractivity contribution in [1.29, 1.82) is 0 Å². The second-order valence-corrected chi connectivity index (χ2v) is 7.29. The van der Waals surface area contributed by atoms with E-state index in [2.05, 4.69) is 6.92 Å². The standard InChI is InChI=1S/C22H45NO3/c1-3-5-6-7-8-9-10-11-12-13-14-15-16-17-18-21(26-20-19-23)22(24)25-4-2/h21H,3-20,23H2,1-2H3. The maximum absolute atomic E-state index is 11.8. The molecule has 0 saturated carbocycles. The Kier molecular flexibility index (Phi) is 20.2. The molecule has 0 aliphatic rings. The van der Waals surface area contributed by atoms with Crippen LogP contribution in [0.3, 0.4) is 0 Å². The summed E-state index contributed by atoms with van der Waals surface area (Å²) in [5.74, 6) is -0.240. The van der Waals surface area contributed by atoms with E-state index in [4.69, 9.17) is 15.2 Å². The van der Waals surface area contributed by atoms with Crippen molar-refractivity contribution in [1.82, 2.24) is 0 Å². The van der Waals surface area contributed by atoms with E-state index in [9.17, 15) is 4.79 Å². The van der Waals surface area contributed by atoms with Crippen LogP contribution in [0.5, 0.6) is 0 Å². The van der Waals surface area contributed by atoms with Crippen LogP contribution in [0, 0.1) is 0 Å². The predicted octanol–water partition coefficient (Wildman–Crippen LogP) is 5.76. The number of hydrogen-bond acceptors (Lipinski definition) is 4. The highest BCUT2D eigenvalue weighted by Crippen LogP contribution is 2.14. The van der Waals surface area contributed by atoms with E-state index in [1.807, 2.05) is 6.92 Å². The van der Waals surface area contributed by atoms with Gasteiger partial charge in [-0.05, 0) is 13.3 Å². The Hall–Kier alpha value is -0.610. The summed E-state index contributed by atoms with van der Waals surface area (Å²) < 4.78 is 10.6. The lowest BCUT2D eigenvalue weighted by Crippen LogP contribution is -2.28. The summed E-state index contributed by atoms with van der Waals surface area (Å²) in [6.07, 6.45) is 19.0. The van der Waals surface area contributed by atoms with Crippen LogP contribution in [0.25, 0.3) is 0 Å². The summed E-state index contributed by atoms with van der Waals surface area (Å²) in [4.78, 5) is 11.8. The summed E-state index contributed by atoms with van der Waals surface area (Å²) in [5, 5.41) is 0. The molecule has 26 heavy (non-hydrogen) atoms. The third kappa shape index (κ3) is 16.8. The highest BCUT2D eigenvalue weighted by molar-refractivity contribution is 5.74. The molecule has 0 spiro atoms. The van der Waals surface area contributed by atoms with Gasteiger partial charge in [-0.25, -0.2) is 4.79 Å². The molecule has 0 aliphatic carbocycles. The van der Waals surface area contributed by atoms with Crippen LogP contribution in [0.1, 0.15) is 110 Å². The van der Waals surface area contributed by atoms with Gasteiger partial charge >= 0.3 is 5.97 Å². The van der Waals surface area contributed by atoms with Crippen molar-refractivity contribution in [3.8, 4) is 0 Å². The van der Waals surface area contributed by atoms with Crippen LogP contribution in [0.15, 0.2) is 0 Å². The fourth-order valence-corrected chi connectivity index (χ4v) is 3.24. The number of hydrogen-bond donors (Lipinski definition) is 1. The van der Waals surface area contributed by atoms with E-state index in [1.165, 1.54) is 83.5 Å². The first kappa shape index (κ1) is 25.4. The van der Waals surface area contributed by atoms with Crippen molar-refractivity contribution in [2.75, 3.05) is 19.8 Å². The molecule has 0 rings (SSSR count). The molecule has 1 atom stereocenters. The van der Waals surface area contributed by atoms with Gasteiger partial charge in [0.1, 0.15) is 0 Å². The van der Waals surface area contributed by atoms with Crippen LogP contribution in [0.4, 0.5) is 0 Å². The molecule has 0 fully saturated rings. The maximum Gasteiger partial charge on any atom is 0.335 e. The van der Waals surface area contributed by atoms with Gasteiger partial charge in [0.2, 0.25) is 0 Å². The summed E-state index contributed by atoms with van der Waals surface area (Å²) in [5.41, 5.74) is 5.45. The van der Waals surface area contributed by atoms with Gasteiger partial charge in [0, 0.05) is 6.54 Å². The van der Waals surface area contributed by atoms with Crippen molar-refractivity contribution < 1.29 is 14.3 Å². The van der Waals surface area contributed by atoms with E-state index in [-0.39, 0.29) is 5.97 Å². The van der Waals surface area contributed by atoms with Gasteiger partial charge in [-0.15, -0.1) is 0 Å². The number of carbonyl (C=O) groups excluding carboxylic acids is 1. The average molecular weight is 372 g/mol. The van der Waals surface area contributed by atoms with E-state index in [0.29, 0.717) is 19.8 Å². The van der Waals surface area contributed by atoms with Gasteiger partial charge in [0.15, 0.2) is 6.10 Å². The van der Waals surface area contributed by atoms with E-state index in [1.54, 1.807) is 0 Å². The maximum atomic E-state index is 11.8. The normalized spacial score (nSPS) is 12.3. The van der Waals surface area contributed by atoms with Crippen LogP contribution in [-0.4, -0.2) is 31.8 Å². The van der Waals surface area contributed by atoms with Crippen LogP contribution < -0.4 is 5.73 Å². The molecule has 0 bridgehead atoms. The van der Waals surface area contributed by atoms with Crippen LogP contribution in [0.2, 0.25) is 0 Å². The van der Waals surface area contributed by atoms with Crippen molar-refractivity contribution >= 4 is 5.97 Å². The topological polar surface area (TPSA) is 61.5 Å². The van der Waals surface area contributed by atoms with Gasteiger partial charge in [-0.2, -0.15) is 0 Å². The molecule has 0 aliphatic heterocycles. The van der Waals surface area contributed by atoms with Crippen LogP contribution >= 0.6 is 0 Å². The highest BCUT2D eigenvalue weighted by Gasteiger charge is 2.19. The fourth-order valence-electron chi connectivity index (χ4n) is 3.24. The summed E-state index contributed by atoms with van der Waals surface area (Å²) in [6.45, 7) is 5.36. The summed E-state index contributed by atoms with van der Waals surface area (Å²) in [6, 6.07) is 0. The Morgan fingerprint density at radius 2 is 1.23 bits per heavy atom. The molecule has 156 valence electrons. The van der Waals surface area contributed by atoms with Gasteiger partial charge in [0.25, 0.3) is 0 Å². The van der Waals surface area contributed by atoms with Crippen molar-refractivity contribution in [3.63, 3.8) is 0 Å². The quantitative estimate of drug-likeness (QED) is 0.218. The zero-order chi connectivity index (χ0) is 19.3. The fraction of sp³-hybridized carbons (Fsp3) is 0.955. The largest absolute Gasteiger partial charge is 0.464 e. The zero-order valence-electron chi connectivity index (χ0n) is 17.6. The Morgan fingerprint density at radius 3 is 1.65 bits per heavy atom. The molecule has 0 heterocycles. The van der Waals surface area contributed by atoms with E-state index in [0.717, 1.165) is 12.8 Å². The van der Waals surface area contributed by atoms with Crippen molar-refractivity contribution in [2.24, 2.45) is 5.73 Å². The molecular formula is C22H45NO3. The number of nitrogens with two attached hydrogens (primary N) is 1. The molecule has 2 N–H and O–H groups in total. The first-order valence-corrected chi connectivity index (χ1v) is 11.2. The number of rotatable bonds is 20. The third-order valence-electron chi connectivity index (χ3n) is 4.81. The molecule has 1 unspecified atom stereocenters. The minimum absolute atomic E-state index is 0.240. The van der Waals surface area contributed by atoms with Gasteiger partial charge in [-0.3, -0.25) is 0 Å². The molecule has 4 heteroatoms. The molecule has 0 radical (unpaired) electrons. The lowest BCUT2D eigenvalue weighted by Gasteiger charge is -2.15. The smallest absolute Gasteiger partial charge is 0.335 e. The first-order valence-electron chi connectivity index (χ1n) is 11.2. The van der Waals surface area contributed by atoms with E-state index < -0.39 is 6.10 Å². The number of ether oxygens (including phenoxy) is 2. The average Bonchev–Trinajstić information content (AvgIpc) is 2.64. The molecular weight excluding hydrogens is 326 g/mol. The second-order valence-electron chi connectivity index (χ2n) is 7.29. The van der Waals surface area contributed by atoms with Gasteiger partial charge in [-0.1, -0.05) is 96.8 Å². The lowest BCUT2D eigenvalue weighted by atomic mass is 10.0. The highest BCUT2D eigenvalue weighted by atomic mass is 16.6. The van der Waals surface area contributed by atoms with Gasteiger partial charge in [0.05, 0.1) is 13.2 Å². The number of unbranched alkanes of at least 4 members (excludes halogenated alkanes) is 13. The monoisotopic (exact) mass is 371 g/mol. The minimum atomic E-state index is -0.434. The minimum Gasteiger partial charge on any atom is -0.464 e. The lowest BCUT2D eigenvalue weighted by molar-refractivity contribution is -0.157. The Bertz CT molecular complexity index is 297. The third-order valence-corrected chi connectivity index (χ3v) is 4.81. The molecule has 0 saturated heterocycles. The Labute approximate surface area is 162 Å². The predicted molar refractivity (Wildman–Crippen MR) is 110 cm³/mol. The SMILES string of the molecule is CCCCCCCCCCCCCCCCC(OCCN)C(=O)OCC. The summed E-state index contributed by atoms with van der Waals surface area (Å²) >= 11 is 0. The number of esters is 1. The molecule has 0 aromatic heterocycles. The summed E-state index contributed by atoms with van der Waals surface area (Å²) in [7, 11) is 0. The number of carbonyl (C=O) groups is 1. The first-order chi connectivity index (χ1) is 12.8. The molecule has 4 nitrogen and oxygen atoms in total. The Balaban J connectivity index is 3.43. The van der Waals surface area contributed by atoms with Crippen LogP contribution in [-0.2, 0) is 14.3 Å². The van der Waals surface area contributed by atoms with E-state index >= 15 is 0 Å². The second kappa shape index (κ2) is 20.7. The molecule has 0 aromatic carbocycles. The zero-order valence-corrected chi connectivity index (χ0v) is 17.6. The van der Waals surface area contributed by atoms with Crippen molar-refractivity contribution in [3.05, 3.63) is 0 Å². The van der Waals surface area contributed by atoms with Gasteiger partial charge < -0.3 is 15.2 Å². The molecule has 0 aromatic rings. The van der Waals surface area contributed by atoms with Crippen molar-refractivity contribution in [2.45, 2.75) is 116 Å².